The highest BCUT2D eigenvalue weighted by Crippen LogP contribution is 2.42. The summed E-state index contributed by atoms with van der Waals surface area (Å²) in [6.45, 7) is 2.05. The topological polar surface area (TPSA) is 26.3 Å². The van der Waals surface area contributed by atoms with Crippen LogP contribution in [-0.4, -0.2) is 12.9 Å². The van der Waals surface area contributed by atoms with E-state index in [-0.39, 0.29) is 11.3 Å². The van der Waals surface area contributed by atoms with E-state index in [1.807, 2.05) is 24.3 Å². The Morgan fingerprint density at radius 2 is 1.48 bits per heavy atom. The number of aryl methyl sites for hydroxylation is 1. The van der Waals surface area contributed by atoms with Crippen LogP contribution in [0.3, 0.4) is 0 Å². The van der Waals surface area contributed by atoms with Gasteiger partial charge in [-0.1, -0.05) is 37.1 Å². The SMILES string of the molecule is CCOc1ccc(-c2ccc(CCC3CCC(C4CCC(C=O)CC4)CC3)cc2)c(F)c1F. The van der Waals surface area contributed by atoms with E-state index in [2.05, 4.69) is 0 Å². The Morgan fingerprint density at radius 3 is 2.09 bits per heavy atom. The third-order valence-corrected chi connectivity index (χ3v) is 8.02. The maximum absolute atomic E-state index is 14.5. The van der Waals surface area contributed by atoms with Gasteiger partial charge in [0.25, 0.3) is 0 Å². The molecule has 178 valence electrons. The van der Waals surface area contributed by atoms with Crippen molar-refractivity contribution in [2.75, 3.05) is 6.61 Å². The lowest BCUT2D eigenvalue weighted by Crippen LogP contribution is -2.26. The summed E-state index contributed by atoms with van der Waals surface area (Å²) in [4.78, 5) is 11.0. The Bertz CT molecular complexity index is 908. The molecule has 0 aliphatic heterocycles. The molecule has 2 aromatic carbocycles. The Kier molecular flexibility index (Phi) is 8.16. The van der Waals surface area contributed by atoms with Crippen molar-refractivity contribution in [1.82, 2.24) is 0 Å². The predicted molar refractivity (Wildman–Crippen MR) is 128 cm³/mol. The number of halogens is 2. The summed E-state index contributed by atoms with van der Waals surface area (Å²) < 4.78 is 33.8. The number of rotatable bonds is 8. The molecule has 0 atom stereocenters. The molecule has 0 saturated heterocycles. The van der Waals surface area contributed by atoms with Crippen LogP contribution in [0.4, 0.5) is 8.78 Å². The molecule has 2 aromatic rings. The standard InChI is InChI=1S/C29H36F2O2/c1-2-33-27-18-17-26(28(30)29(27)31)25-15-7-21(8-16-25)4-3-20-5-11-23(12-6-20)24-13-9-22(19-32)10-14-24/h7-8,15-20,22-24H,2-6,9-14H2,1H3. The van der Waals surface area contributed by atoms with Gasteiger partial charge in [-0.05, 0) is 99.3 Å². The summed E-state index contributed by atoms with van der Waals surface area (Å²) in [7, 11) is 0. The molecule has 2 aliphatic rings. The molecule has 0 amide bonds. The van der Waals surface area contributed by atoms with Crippen molar-refractivity contribution in [3.05, 3.63) is 53.6 Å². The molecule has 0 spiro atoms. The number of hydrogen-bond acceptors (Lipinski definition) is 2. The van der Waals surface area contributed by atoms with E-state index in [1.54, 1.807) is 13.0 Å². The molecule has 2 nitrogen and oxygen atoms in total. The monoisotopic (exact) mass is 454 g/mol. The average molecular weight is 455 g/mol. The van der Waals surface area contributed by atoms with E-state index >= 15 is 0 Å². The van der Waals surface area contributed by atoms with E-state index in [0.717, 1.165) is 43.3 Å². The molecular weight excluding hydrogens is 418 g/mol. The Morgan fingerprint density at radius 1 is 0.848 bits per heavy atom. The molecule has 2 aliphatic carbocycles. The first kappa shape index (κ1) is 23.9. The summed E-state index contributed by atoms with van der Waals surface area (Å²) in [5.41, 5.74) is 2.20. The van der Waals surface area contributed by atoms with Crippen LogP contribution in [0.1, 0.15) is 70.3 Å². The van der Waals surface area contributed by atoms with Crippen LogP contribution in [0.25, 0.3) is 11.1 Å². The first-order chi connectivity index (χ1) is 16.1. The van der Waals surface area contributed by atoms with Crippen molar-refractivity contribution in [3.63, 3.8) is 0 Å². The third kappa shape index (κ3) is 5.83. The van der Waals surface area contributed by atoms with Gasteiger partial charge in [-0.2, -0.15) is 4.39 Å². The first-order valence-corrected chi connectivity index (χ1v) is 12.7. The van der Waals surface area contributed by atoms with E-state index in [4.69, 9.17) is 4.74 Å². The second-order valence-electron chi connectivity index (χ2n) is 10.00. The number of ether oxygens (including phenoxy) is 1. The van der Waals surface area contributed by atoms with Crippen LogP contribution in [0.5, 0.6) is 5.75 Å². The van der Waals surface area contributed by atoms with Crippen LogP contribution in [-0.2, 0) is 11.2 Å². The highest BCUT2D eigenvalue weighted by molar-refractivity contribution is 5.65. The maximum Gasteiger partial charge on any atom is 0.201 e. The average Bonchev–Trinajstić information content (AvgIpc) is 2.87. The summed E-state index contributed by atoms with van der Waals surface area (Å²) in [5, 5.41) is 0. The maximum atomic E-state index is 14.5. The van der Waals surface area contributed by atoms with Crippen molar-refractivity contribution in [2.24, 2.45) is 23.7 Å². The van der Waals surface area contributed by atoms with E-state index in [0.29, 0.717) is 18.1 Å². The molecule has 0 bridgehead atoms. The van der Waals surface area contributed by atoms with E-state index in [9.17, 15) is 13.6 Å². The molecule has 0 aromatic heterocycles. The third-order valence-electron chi connectivity index (χ3n) is 8.02. The van der Waals surface area contributed by atoms with Gasteiger partial charge in [0.15, 0.2) is 11.6 Å². The Labute approximate surface area is 196 Å². The number of carbonyl (C=O) groups is 1. The zero-order chi connectivity index (χ0) is 23.2. The highest BCUT2D eigenvalue weighted by Gasteiger charge is 2.30. The van der Waals surface area contributed by atoms with Gasteiger partial charge < -0.3 is 9.53 Å². The van der Waals surface area contributed by atoms with E-state index < -0.39 is 11.6 Å². The van der Waals surface area contributed by atoms with Gasteiger partial charge in [-0.25, -0.2) is 4.39 Å². The lowest BCUT2D eigenvalue weighted by Gasteiger charge is -2.37. The first-order valence-electron chi connectivity index (χ1n) is 12.7. The molecule has 33 heavy (non-hydrogen) atoms. The van der Waals surface area contributed by atoms with Gasteiger partial charge in [0.1, 0.15) is 6.29 Å². The summed E-state index contributed by atoms with van der Waals surface area (Å²) in [5.74, 6) is 0.966. The summed E-state index contributed by atoms with van der Waals surface area (Å²) >= 11 is 0. The van der Waals surface area contributed by atoms with Crippen LogP contribution >= 0.6 is 0 Å². The summed E-state index contributed by atoms with van der Waals surface area (Å²) in [6.07, 6.45) is 13.3. The van der Waals surface area contributed by atoms with Crippen LogP contribution in [0.2, 0.25) is 0 Å². The number of carbonyl (C=O) groups excluding carboxylic acids is 1. The fraction of sp³-hybridized carbons (Fsp3) is 0.552. The zero-order valence-corrected chi connectivity index (χ0v) is 19.7. The molecule has 2 saturated carbocycles. The normalized spacial score (nSPS) is 25.5. The van der Waals surface area contributed by atoms with Crippen LogP contribution in [0, 0.1) is 35.3 Å². The zero-order valence-electron chi connectivity index (χ0n) is 19.7. The molecule has 0 heterocycles. The number of aldehydes is 1. The minimum atomic E-state index is -0.925. The molecular formula is C29H36F2O2. The highest BCUT2D eigenvalue weighted by atomic mass is 19.2. The molecule has 4 heteroatoms. The smallest absolute Gasteiger partial charge is 0.201 e. The van der Waals surface area contributed by atoms with Crippen molar-refractivity contribution in [2.45, 2.75) is 71.1 Å². The second-order valence-corrected chi connectivity index (χ2v) is 10.00. The molecule has 0 unspecified atom stereocenters. The fourth-order valence-corrected chi connectivity index (χ4v) is 5.94. The molecule has 0 radical (unpaired) electrons. The van der Waals surface area contributed by atoms with Crippen LogP contribution in [0.15, 0.2) is 36.4 Å². The number of benzene rings is 2. The van der Waals surface area contributed by atoms with Gasteiger partial charge in [0.05, 0.1) is 6.61 Å². The quantitative estimate of drug-likeness (QED) is 0.381. The predicted octanol–water partition coefficient (Wildman–Crippen LogP) is 7.77. The fourth-order valence-electron chi connectivity index (χ4n) is 5.94. The van der Waals surface area contributed by atoms with Crippen molar-refractivity contribution >= 4 is 6.29 Å². The van der Waals surface area contributed by atoms with Crippen LogP contribution < -0.4 is 4.74 Å². The van der Waals surface area contributed by atoms with Crippen molar-refractivity contribution in [1.29, 1.82) is 0 Å². The van der Waals surface area contributed by atoms with Gasteiger partial charge in [0, 0.05) is 11.5 Å². The summed E-state index contributed by atoms with van der Waals surface area (Å²) in [6, 6.07) is 10.9. The van der Waals surface area contributed by atoms with E-state index in [1.165, 1.54) is 56.6 Å². The Balaban J connectivity index is 1.26. The van der Waals surface area contributed by atoms with Gasteiger partial charge >= 0.3 is 0 Å². The minimum Gasteiger partial charge on any atom is -0.491 e. The van der Waals surface area contributed by atoms with Gasteiger partial charge in [-0.3, -0.25) is 0 Å². The number of hydrogen-bond donors (Lipinski definition) is 0. The molecule has 0 N–H and O–H groups in total. The van der Waals surface area contributed by atoms with Crippen molar-refractivity contribution in [3.8, 4) is 16.9 Å². The van der Waals surface area contributed by atoms with Gasteiger partial charge in [-0.15, -0.1) is 0 Å². The molecule has 4 rings (SSSR count). The lowest BCUT2D eigenvalue weighted by molar-refractivity contribution is -0.112. The largest absolute Gasteiger partial charge is 0.491 e. The van der Waals surface area contributed by atoms with Gasteiger partial charge in [0.2, 0.25) is 5.82 Å². The second kappa shape index (κ2) is 11.3. The lowest BCUT2D eigenvalue weighted by atomic mass is 9.69. The van der Waals surface area contributed by atoms with Crippen molar-refractivity contribution < 1.29 is 18.3 Å². The Hall–Kier alpha value is -2.23. The molecule has 2 fully saturated rings. The minimum absolute atomic E-state index is 0.0428.